The number of hydrogen-bond acceptors (Lipinski definition) is 7. The molecule has 0 bridgehead atoms. The number of nitrogens with one attached hydrogen (secondary N) is 1. The van der Waals surface area contributed by atoms with E-state index in [1.54, 1.807) is 12.1 Å². The Labute approximate surface area is 223 Å². The van der Waals surface area contributed by atoms with E-state index in [9.17, 15) is 9.90 Å². The number of carbonyl (C=O) groups is 1. The lowest BCUT2D eigenvalue weighted by atomic mass is 9.85. The van der Waals surface area contributed by atoms with Gasteiger partial charge in [-0.3, -0.25) is 4.72 Å². The molecule has 7 nitrogen and oxygen atoms in total. The Morgan fingerprint density at radius 3 is 2.54 bits per heavy atom. The second-order valence-electron chi connectivity index (χ2n) is 10.0. The predicted octanol–water partition coefficient (Wildman–Crippen LogP) is 6.56. The van der Waals surface area contributed by atoms with E-state index in [4.69, 9.17) is 15.5 Å². The average Bonchev–Trinajstić information content (AvgIpc) is 2.86. The summed E-state index contributed by atoms with van der Waals surface area (Å²) in [7, 11) is 0. The van der Waals surface area contributed by atoms with Gasteiger partial charge in [0.15, 0.2) is 0 Å². The van der Waals surface area contributed by atoms with Crippen LogP contribution < -0.4 is 15.2 Å². The summed E-state index contributed by atoms with van der Waals surface area (Å²) in [6.45, 7) is 6.39. The minimum absolute atomic E-state index is 0.0470. The topological polar surface area (TPSA) is 110 Å². The first-order valence-electron chi connectivity index (χ1n) is 12.9. The zero-order chi connectivity index (χ0) is 26.4. The van der Waals surface area contributed by atoms with Crippen LogP contribution in [0.2, 0.25) is 0 Å². The Morgan fingerprint density at radius 2 is 1.84 bits per heavy atom. The lowest BCUT2D eigenvalue weighted by Gasteiger charge is -2.24. The number of ether oxygens (including phenoxy) is 1. The largest absolute Gasteiger partial charge is 0.478 e. The van der Waals surface area contributed by atoms with Gasteiger partial charge in [-0.15, -0.1) is 0 Å². The van der Waals surface area contributed by atoms with Gasteiger partial charge in [-0.25, -0.2) is 9.78 Å². The number of carboxylic acids is 1. The van der Waals surface area contributed by atoms with Crippen LogP contribution in [-0.2, 0) is 0 Å². The molecular weight excluding hydrogens is 484 g/mol. The number of nitrogens with zero attached hydrogens (tertiary/aromatic N) is 2. The number of rotatable bonds is 10. The Bertz CT molecular complexity index is 1220. The Kier molecular flexibility index (Phi) is 9.05. The van der Waals surface area contributed by atoms with Crippen LogP contribution in [-0.4, -0.2) is 33.7 Å². The summed E-state index contributed by atoms with van der Waals surface area (Å²) in [5.41, 5.74) is 11.6. The van der Waals surface area contributed by atoms with Crippen molar-refractivity contribution in [2.45, 2.75) is 70.2 Å². The van der Waals surface area contributed by atoms with Gasteiger partial charge in [0.1, 0.15) is 6.61 Å². The molecule has 1 unspecified atom stereocenters. The molecule has 1 saturated carbocycles. The first kappa shape index (κ1) is 26.9. The number of anilines is 1. The number of aromatic nitrogens is 2. The molecule has 0 amide bonds. The smallest absolute Gasteiger partial charge is 0.335 e. The second kappa shape index (κ2) is 12.4. The van der Waals surface area contributed by atoms with Crippen molar-refractivity contribution in [3.63, 3.8) is 0 Å². The van der Waals surface area contributed by atoms with Gasteiger partial charge < -0.3 is 15.6 Å². The third-order valence-corrected chi connectivity index (χ3v) is 7.56. The highest BCUT2D eigenvalue weighted by molar-refractivity contribution is 8.00. The first-order valence-corrected chi connectivity index (χ1v) is 13.7. The maximum Gasteiger partial charge on any atom is 0.335 e. The number of carboxylic acid groups (broad SMARTS) is 1. The van der Waals surface area contributed by atoms with E-state index < -0.39 is 5.97 Å². The summed E-state index contributed by atoms with van der Waals surface area (Å²) in [4.78, 5) is 21.6. The molecule has 1 aromatic heterocycles. The van der Waals surface area contributed by atoms with Crippen LogP contribution in [0.3, 0.4) is 0 Å². The fourth-order valence-electron chi connectivity index (χ4n) is 5.04. The lowest BCUT2D eigenvalue weighted by Crippen LogP contribution is -2.31. The van der Waals surface area contributed by atoms with Gasteiger partial charge >= 0.3 is 5.97 Å². The van der Waals surface area contributed by atoms with Crippen LogP contribution in [0.15, 0.2) is 47.4 Å². The summed E-state index contributed by atoms with van der Waals surface area (Å²) in [5, 5.41) is 9.40. The van der Waals surface area contributed by atoms with Crippen molar-refractivity contribution >= 4 is 23.9 Å². The van der Waals surface area contributed by atoms with E-state index >= 15 is 0 Å². The van der Waals surface area contributed by atoms with E-state index in [1.165, 1.54) is 44.1 Å². The van der Waals surface area contributed by atoms with Crippen LogP contribution in [0.5, 0.6) is 5.88 Å². The number of aromatic carboxylic acids is 1. The molecule has 196 valence electrons. The molecule has 1 fully saturated rings. The van der Waals surface area contributed by atoms with Crippen LogP contribution in [0.25, 0.3) is 11.3 Å². The number of hydrogen-bond donors (Lipinski definition) is 3. The Balaban J connectivity index is 1.55. The van der Waals surface area contributed by atoms with Crippen molar-refractivity contribution in [2.24, 2.45) is 11.7 Å². The lowest BCUT2D eigenvalue weighted by molar-refractivity contribution is 0.0696. The fraction of sp³-hybridized carbons (Fsp3) is 0.414. The Morgan fingerprint density at radius 1 is 1.11 bits per heavy atom. The molecule has 3 aromatic rings. The van der Waals surface area contributed by atoms with Crippen molar-refractivity contribution in [1.82, 2.24) is 9.97 Å². The van der Waals surface area contributed by atoms with Crippen LogP contribution in [0.1, 0.15) is 65.6 Å². The molecule has 0 aliphatic heterocycles. The van der Waals surface area contributed by atoms with Crippen LogP contribution in [0.4, 0.5) is 5.95 Å². The molecule has 4 N–H and O–H groups in total. The molecule has 1 aliphatic carbocycles. The van der Waals surface area contributed by atoms with E-state index in [0.29, 0.717) is 24.4 Å². The maximum atomic E-state index is 11.5. The summed E-state index contributed by atoms with van der Waals surface area (Å²) in [6, 6.07) is 13.2. The molecule has 37 heavy (non-hydrogen) atoms. The SMILES string of the molecule is Cc1cc(SNc2nc(OCC(N)CC3CCCCC3)cc(-c3c(C)cccc3C)n2)cc(C(=O)O)c1. The molecule has 1 heterocycles. The quantitative estimate of drug-likeness (QED) is 0.258. The summed E-state index contributed by atoms with van der Waals surface area (Å²) < 4.78 is 9.30. The molecule has 0 saturated heterocycles. The average molecular weight is 521 g/mol. The molecular formula is C29H36N4O3S. The minimum Gasteiger partial charge on any atom is -0.478 e. The summed E-state index contributed by atoms with van der Waals surface area (Å²) >= 11 is 1.27. The molecule has 8 heteroatoms. The zero-order valence-electron chi connectivity index (χ0n) is 21.8. The van der Waals surface area contributed by atoms with Gasteiger partial charge in [-0.1, -0.05) is 50.3 Å². The van der Waals surface area contributed by atoms with Crippen molar-refractivity contribution in [2.75, 3.05) is 11.3 Å². The molecule has 1 aliphatic rings. The maximum absolute atomic E-state index is 11.5. The number of benzene rings is 2. The summed E-state index contributed by atoms with van der Waals surface area (Å²) in [6.07, 6.45) is 7.40. The third-order valence-electron chi connectivity index (χ3n) is 6.80. The second-order valence-corrected chi connectivity index (χ2v) is 10.9. The number of aryl methyl sites for hydroxylation is 3. The molecule has 1 atom stereocenters. The van der Waals surface area contributed by atoms with Gasteiger partial charge in [0.2, 0.25) is 11.8 Å². The van der Waals surface area contributed by atoms with E-state index in [0.717, 1.165) is 39.3 Å². The van der Waals surface area contributed by atoms with Crippen molar-refractivity contribution in [3.05, 3.63) is 64.7 Å². The van der Waals surface area contributed by atoms with Crippen LogP contribution in [0, 0.1) is 26.7 Å². The zero-order valence-corrected chi connectivity index (χ0v) is 22.6. The normalized spacial score (nSPS) is 14.8. The van der Waals surface area contributed by atoms with E-state index in [1.807, 2.05) is 25.1 Å². The molecule has 2 aromatic carbocycles. The third kappa shape index (κ3) is 7.46. The van der Waals surface area contributed by atoms with Gasteiger partial charge in [-0.2, -0.15) is 4.98 Å². The van der Waals surface area contributed by atoms with Crippen molar-refractivity contribution in [1.29, 1.82) is 0 Å². The van der Waals surface area contributed by atoms with E-state index in [-0.39, 0.29) is 11.6 Å². The van der Waals surface area contributed by atoms with Crippen molar-refractivity contribution in [3.8, 4) is 17.1 Å². The predicted molar refractivity (Wildman–Crippen MR) is 149 cm³/mol. The Hall–Kier alpha value is -3.10. The summed E-state index contributed by atoms with van der Waals surface area (Å²) in [5.74, 6) is 0.574. The molecule has 4 rings (SSSR count). The van der Waals surface area contributed by atoms with Gasteiger partial charge in [0, 0.05) is 22.6 Å². The van der Waals surface area contributed by atoms with Gasteiger partial charge in [0.05, 0.1) is 11.3 Å². The highest BCUT2D eigenvalue weighted by Crippen LogP contribution is 2.31. The monoisotopic (exact) mass is 520 g/mol. The van der Waals surface area contributed by atoms with E-state index in [2.05, 4.69) is 35.7 Å². The van der Waals surface area contributed by atoms with Gasteiger partial charge in [-0.05, 0) is 79.9 Å². The van der Waals surface area contributed by atoms with Crippen LogP contribution >= 0.6 is 11.9 Å². The number of nitrogens with two attached hydrogens (primary N) is 1. The van der Waals surface area contributed by atoms with Gasteiger partial charge in [0.25, 0.3) is 0 Å². The van der Waals surface area contributed by atoms with Crippen molar-refractivity contribution < 1.29 is 14.6 Å². The molecule has 0 spiro atoms. The standard InChI is InChI=1S/C29H36N4O3S/c1-18-12-22(28(34)35)15-24(13-18)37-33-29-31-25(27-19(2)8-7-9-20(27)3)16-26(32-29)36-17-23(30)14-21-10-5-4-6-11-21/h7-9,12-13,15-16,21,23H,4-6,10-11,14,17,30H2,1-3H3,(H,34,35)(H,31,32,33). The minimum atomic E-state index is -0.959. The highest BCUT2D eigenvalue weighted by Gasteiger charge is 2.18. The fourth-order valence-corrected chi connectivity index (χ4v) is 5.77. The highest BCUT2D eigenvalue weighted by atomic mass is 32.2. The first-order chi connectivity index (χ1) is 17.8. The molecule has 0 radical (unpaired) electrons.